The average molecular weight is 215 g/mol. The van der Waals surface area contributed by atoms with Crippen molar-refractivity contribution >= 4 is 0 Å². The molecule has 0 aromatic rings. The van der Waals surface area contributed by atoms with Gasteiger partial charge in [0.15, 0.2) is 0 Å². The monoisotopic (exact) mass is 215 g/mol. The fourth-order valence-electron chi connectivity index (χ4n) is 0.589. The summed E-state index contributed by atoms with van der Waals surface area (Å²) in [5, 5.41) is 8.93. The normalized spacial score (nSPS) is 11.3. The van der Waals surface area contributed by atoms with Crippen LogP contribution in [0.15, 0.2) is 25.3 Å². The maximum Gasteiger partial charge on any atom is 0.0718 e. The third-order valence-corrected chi connectivity index (χ3v) is 1.18. The first-order valence-corrected chi connectivity index (χ1v) is 3.22. The Morgan fingerprint density at radius 3 is 2.40 bits per heavy atom. The van der Waals surface area contributed by atoms with Crippen molar-refractivity contribution in [3.8, 4) is 0 Å². The van der Waals surface area contributed by atoms with Gasteiger partial charge >= 0.3 is 0 Å². The number of unbranched alkanes of at least 4 members (excludes halogenated alkanes) is 1. The molecule has 1 atom stereocenters. The number of aliphatic hydroxyl groups excluding tert-OH is 1. The van der Waals surface area contributed by atoms with Crippen LogP contribution in [-0.4, -0.2) is 11.2 Å². The minimum absolute atomic E-state index is 0. The summed E-state index contributed by atoms with van der Waals surface area (Å²) in [5.41, 5.74) is 0. The van der Waals surface area contributed by atoms with Gasteiger partial charge in [-0.05, 0) is 19.3 Å². The second-order valence-corrected chi connectivity index (χ2v) is 2.02. The molecule has 0 aliphatic heterocycles. The Bertz CT molecular complexity index is 91.3. The van der Waals surface area contributed by atoms with E-state index in [-0.39, 0.29) is 38.8 Å². The minimum Gasteiger partial charge on any atom is -0.389 e. The van der Waals surface area contributed by atoms with E-state index >= 15 is 0 Å². The predicted octanol–water partition coefficient (Wildman–Crippen LogP) is 1.89. The van der Waals surface area contributed by atoms with Gasteiger partial charge in [-0.3, -0.25) is 0 Å². The van der Waals surface area contributed by atoms with Crippen LogP contribution in [0.3, 0.4) is 0 Å². The quantitative estimate of drug-likeness (QED) is 0.548. The molecule has 0 aliphatic rings. The Kier molecular flexibility index (Phi) is 12.6. The molecule has 0 aliphatic carbocycles. The summed E-state index contributed by atoms with van der Waals surface area (Å²) in [7, 11) is 0. The summed E-state index contributed by atoms with van der Waals surface area (Å²) in [6, 6.07) is 0. The molecule has 1 nitrogen and oxygen atoms in total. The van der Waals surface area contributed by atoms with Crippen molar-refractivity contribution in [2.24, 2.45) is 0 Å². The average Bonchev–Trinajstić information content (AvgIpc) is 1.89. The zero-order valence-corrected chi connectivity index (χ0v) is 9.13. The first-order chi connectivity index (χ1) is 4.31. The Morgan fingerprint density at radius 2 is 2.00 bits per heavy atom. The van der Waals surface area contributed by atoms with Crippen LogP contribution in [0.4, 0.5) is 0 Å². The van der Waals surface area contributed by atoms with E-state index < -0.39 is 0 Å². The second-order valence-electron chi connectivity index (χ2n) is 2.02. The smallest absolute Gasteiger partial charge is 0.0718 e. The SMILES string of the molecule is C=CCCCC(O)C=C.[Y]. The van der Waals surface area contributed by atoms with Crippen molar-refractivity contribution in [1.29, 1.82) is 0 Å². The zero-order chi connectivity index (χ0) is 7.11. The Hall–Kier alpha value is 0.544. The molecule has 0 saturated heterocycles. The fraction of sp³-hybridized carbons (Fsp3) is 0.500. The summed E-state index contributed by atoms with van der Waals surface area (Å²) in [6.07, 6.45) is 5.86. The predicted molar refractivity (Wildman–Crippen MR) is 40.3 cm³/mol. The van der Waals surface area contributed by atoms with Gasteiger partial charge in [0.1, 0.15) is 0 Å². The molecule has 55 valence electrons. The molecule has 1 unspecified atom stereocenters. The minimum atomic E-state index is -0.329. The van der Waals surface area contributed by atoms with Gasteiger partial charge in [0.05, 0.1) is 6.10 Å². The molecule has 1 radical (unpaired) electrons. The summed E-state index contributed by atoms with van der Waals surface area (Å²) in [4.78, 5) is 0. The third kappa shape index (κ3) is 8.54. The standard InChI is InChI=1S/C8H14O.Y/c1-3-5-6-7-8(9)4-2;/h3-4,8-9H,1-2,5-7H2;. The van der Waals surface area contributed by atoms with E-state index in [1.54, 1.807) is 6.08 Å². The van der Waals surface area contributed by atoms with Crippen molar-refractivity contribution < 1.29 is 37.8 Å². The molecule has 0 fully saturated rings. The van der Waals surface area contributed by atoms with Crippen molar-refractivity contribution in [1.82, 2.24) is 0 Å². The van der Waals surface area contributed by atoms with E-state index in [0.717, 1.165) is 19.3 Å². The van der Waals surface area contributed by atoms with E-state index in [9.17, 15) is 0 Å². The summed E-state index contributed by atoms with van der Waals surface area (Å²) < 4.78 is 0. The Labute approximate surface area is 88.1 Å². The van der Waals surface area contributed by atoms with Crippen LogP contribution in [0, 0.1) is 0 Å². The molecule has 1 N–H and O–H groups in total. The second kappa shape index (κ2) is 9.54. The van der Waals surface area contributed by atoms with E-state index in [2.05, 4.69) is 13.2 Å². The molecule has 0 amide bonds. The Balaban J connectivity index is 0. The van der Waals surface area contributed by atoms with Gasteiger partial charge < -0.3 is 5.11 Å². The van der Waals surface area contributed by atoms with Gasteiger partial charge in [-0.25, -0.2) is 0 Å². The molecule has 10 heavy (non-hydrogen) atoms. The van der Waals surface area contributed by atoms with Crippen molar-refractivity contribution in [2.45, 2.75) is 25.4 Å². The van der Waals surface area contributed by atoms with Gasteiger partial charge in [0.2, 0.25) is 0 Å². The van der Waals surface area contributed by atoms with Gasteiger partial charge in [0, 0.05) is 32.7 Å². The van der Waals surface area contributed by atoms with Gasteiger partial charge in [-0.15, -0.1) is 13.2 Å². The number of hydrogen-bond acceptors (Lipinski definition) is 1. The first-order valence-electron chi connectivity index (χ1n) is 3.22. The molecule has 2 heteroatoms. The maximum atomic E-state index is 8.93. The molecule has 0 spiro atoms. The molecular weight excluding hydrogens is 201 g/mol. The summed E-state index contributed by atoms with van der Waals surface area (Å²) >= 11 is 0. The van der Waals surface area contributed by atoms with Crippen LogP contribution >= 0.6 is 0 Å². The molecule has 0 aromatic heterocycles. The molecular formula is C8H14OY. The number of rotatable bonds is 5. The summed E-state index contributed by atoms with van der Waals surface area (Å²) in [5.74, 6) is 0. The molecule has 0 aromatic carbocycles. The van der Waals surface area contributed by atoms with Crippen LogP contribution in [-0.2, 0) is 32.7 Å². The number of aliphatic hydroxyl groups is 1. The Morgan fingerprint density at radius 1 is 1.40 bits per heavy atom. The van der Waals surface area contributed by atoms with Gasteiger partial charge in [0.25, 0.3) is 0 Å². The van der Waals surface area contributed by atoms with E-state index in [4.69, 9.17) is 5.11 Å². The van der Waals surface area contributed by atoms with Crippen LogP contribution in [0.25, 0.3) is 0 Å². The number of allylic oxidation sites excluding steroid dienone is 1. The van der Waals surface area contributed by atoms with Gasteiger partial charge in [-0.1, -0.05) is 12.2 Å². The maximum absolute atomic E-state index is 8.93. The largest absolute Gasteiger partial charge is 0.389 e. The topological polar surface area (TPSA) is 20.2 Å². The van der Waals surface area contributed by atoms with Crippen LogP contribution in [0.1, 0.15) is 19.3 Å². The fourth-order valence-corrected chi connectivity index (χ4v) is 0.589. The van der Waals surface area contributed by atoms with Crippen molar-refractivity contribution in [3.63, 3.8) is 0 Å². The molecule has 0 heterocycles. The molecule has 0 bridgehead atoms. The molecule has 0 saturated carbocycles. The van der Waals surface area contributed by atoms with Crippen LogP contribution in [0.5, 0.6) is 0 Å². The van der Waals surface area contributed by atoms with E-state index in [1.165, 1.54) is 0 Å². The number of hydrogen-bond donors (Lipinski definition) is 1. The van der Waals surface area contributed by atoms with Crippen molar-refractivity contribution in [3.05, 3.63) is 25.3 Å². The van der Waals surface area contributed by atoms with E-state index in [1.807, 2.05) is 6.08 Å². The first kappa shape index (κ1) is 13.2. The van der Waals surface area contributed by atoms with Crippen LogP contribution < -0.4 is 0 Å². The summed E-state index contributed by atoms with van der Waals surface area (Å²) in [6.45, 7) is 7.04. The van der Waals surface area contributed by atoms with E-state index in [0.29, 0.717) is 0 Å². The van der Waals surface area contributed by atoms with Crippen molar-refractivity contribution in [2.75, 3.05) is 0 Å². The van der Waals surface area contributed by atoms with Gasteiger partial charge in [-0.2, -0.15) is 0 Å². The zero-order valence-electron chi connectivity index (χ0n) is 6.29. The third-order valence-electron chi connectivity index (χ3n) is 1.18. The van der Waals surface area contributed by atoms with Crippen LogP contribution in [0.2, 0.25) is 0 Å². The molecule has 0 rings (SSSR count).